The van der Waals surface area contributed by atoms with Gasteiger partial charge >= 0.3 is 0 Å². The normalized spacial score (nSPS) is 13.0. The molecular formula is C20H16N2O2. The summed E-state index contributed by atoms with van der Waals surface area (Å²) < 4.78 is 5.93. The molecule has 0 bridgehead atoms. The van der Waals surface area contributed by atoms with Gasteiger partial charge < -0.3 is 9.64 Å². The fourth-order valence-electron chi connectivity index (χ4n) is 2.89. The van der Waals surface area contributed by atoms with Gasteiger partial charge in [-0.05, 0) is 23.3 Å². The molecule has 0 saturated heterocycles. The Morgan fingerprint density at radius 3 is 2.62 bits per heavy atom. The highest BCUT2D eigenvalue weighted by Crippen LogP contribution is 2.34. The lowest BCUT2D eigenvalue weighted by molar-refractivity contribution is 0.0995. The fraction of sp³-hybridized carbons (Fsp3) is 0.100. The van der Waals surface area contributed by atoms with Crippen LogP contribution < -0.4 is 9.64 Å². The lowest BCUT2D eigenvalue weighted by Gasteiger charge is -2.19. The van der Waals surface area contributed by atoms with Crippen molar-refractivity contribution >= 4 is 11.6 Å². The lowest BCUT2D eigenvalue weighted by atomic mass is 10.1. The monoisotopic (exact) mass is 316 g/mol. The maximum absolute atomic E-state index is 12.7. The lowest BCUT2D eigenvalue weighted by Crippen LogP contribution is -2.23. The number of pyridine rings is 1. The molecule has 0 N–H and O–H groups in total. The second-order valence-electron chi connectivity index (χ2n) is 5.67. The number of ether oxygens (including phenoxy) is 1. The number of benzene rings is 2. The molecule has 0 radical (unpaired) electrons. The molecule has 4 heteroatoms. The van der Waals surface area contributed by atoms with E-state index in [-0.39, 0.29) is 5.91 Å². The summed E-state index contributed by atoms with van der Waals surface area (Å²) in [5.41, 5.74) is 3.61. The van der Waals surface area contributed by atoms with Crippen LogP contribution in [0.25, 0.3) is 0 Å². The summed E-state index contributed by atoms with van der Waals surface area (Å²) in [6.45, 7) is 0.995. The molecule has 118 valence electrons. The summed E-state index contributed by atoms with van der Waals surface area (Å²) in [6.07, 6.45) is 3.34. The third-order valence-electron chi connectivity index (χ3n) is 4.11. The van der Waals surface area contributed by atoms with E-state index >= 15 is 0 Å². The van der Waals surface area contributed by atoms with Crippen LogP contribution in [0.15, 0.2) is 73.1 Å². The topological polar surface area (TPSA) is 42.4 Å². The van der Waals surface area contributed by atoms with Crippen LogP contribution >= 0.6 is 0 Å². The van der Waals surface area contributed by atoms with Crippen molar-refractivity contribution in [1.29, 1.82) is 0 Å². The number of amides is 1. The summed E-state index contributed by atoms with van der Waals surface area (Å²) >= 11 is 0. The van der Waals surface area contributed by atoms with Crippen LogP contribution in [-0.4, -0.2) is 10.9 Å². The van der Waals surface area contributed by atoms with Crippen LogP contribution in [0.1, 0.15) is 21.5 Å². The van der Waals surface area contributed by atoms with E-state index in [9.17, 15) is 4.79 Å². The first-order valence-corrected chi connectivity index (χ1v) is 7.83. The number of carbonyl (C=O) groups excluding carboxylic acids is 1. The van der Waals surface area contributed by atoms with Crippen molar-refractivity contribution in [1.82, 2.24) is 4.98 Å². The van der Waals surface area contributed by atoms with Gasteiger partial charge in [-0.1, -0.05) is 48.5 Å². The van der Waals surface area contributed by atoms with Gasteiger partial charge in [-0.15, -0.1) is 0 Å². The molecule has 0 spiro atoms. The number of fused-ring (bicyclic) bond motifs is 1. The molecule has 0 unspecified atom stereocenters. The second kappa shape index (κ2) is 6.16. The third-order valence-corrected chi connectivity index (χ3v) is 4.11. The first-order valence-electron chi connectivity index (χ1n) is 7.83. The van der Waals surface area contributed by atoms with E-state index < -0.39 is 0 Å². The molecule has 0 saturated carbocycles. The van der Waals surface area contributed by atoms with Crippen LogP contribution in [0.2, 0.25) is 0 Å². The average Bonchev–Trinajstić information content (AvgIpc) is 2.98. The Labute approximate surface area is 140 Å². The quantitative estimate of drug-likeness (QED) is 0.735. The van der Waals surface area contributed by atoms with Gasteiger partial charge in [0.2, 0.25) is 0 Å². The van der Waals surface area contributed by atoms with Crippen molar-refractivity contribution < 1.29 is 9.53 Å². The molecule has 24 heavy (non-hydrogen) atoms. The van der Waals surface area contributed by atoms with E-state index in [1.807, 2.05) is 60.7 Å². The maximum atomic E-state index is 12.7. The zero-order valence-electron chi connectivity index (χ0n) is 13.1. The van der Waals surface area contributed by atoms with Gasteiger partial charge in [-0.25, -0.2) is 0 Å². The number of aromatic nitrogens is 1. The maximum Gasteiger partial charge on any atom is 0.259 e. The number of carbonyl (C=O) groups is 1. The van der Waals surface area contributed by atoms with Crippen LogP contribution in [0.5, 0.6) is 5.75 Å². The Hall–Kier alpha value is -3.14. The van der Waals surface area contributed by atoms with Crippen LogP contribution in [0.4, 0.5) is 5.69 Å². The average molecular weight is 316 g/mol. The molecule has 1 aliphatic heterocycles. The van der Waals surface area contributed by atoms with E-state index in [0.29, 0.717) is 18.9 Å². The van der Waals surface area contributed by atoms with Crippen LogP contribution in [0, 0.1) is 0 Å². The van der Waals surface area contributed by atoms with Crippen LogP contribution in [-0.2, 0) is 13.2 Å². The number of nitrogens with zero attached hydrogens (tertiary/aromatic N) is 2. The number of rotatable bonds is 4. The molecule has 3 aromatic rings. The largest absolute Gasteiger partial charge is 0.485 e. The smallest absolute Gasteiger partial charge is 0.259 e. The Bertz CT molecular complexity index is 878. The summed E-state index contributed by atoms with van der Waals surface area (Å²) in [5, 5.41) is 0. The van der Waals surface area contributed by atoms with E-state index in [1.54, 1.807) is 17.3 Å². The molecule has 1 aromatic heterocycles. The zero-order chi connectivity index (χ0) is 16.4. The summed E-state index contributed by atoms with van der Waals surface area (Å²) in [4.78, 5) is 18.6. The molecule has 4 rings (SSSR count). The summed E-state index contributed by atoms with van der Waals surface area (Å²) in [7, 11) is 0. The summed E-state index contributed by atoms with van der Waals surface area (Å²) in [6, 6.07) is 19.5. The third kappa shape index (κ3) is 2.63. The highest BCUT2D eigenvalue weighted by molar-refractivity contribution is 6.10. The standard InChI is InChI=1S/C20H16N2O2/c23-20-17-9-5-4-8-16(17)13-22(20)18-10-11-21-12-19(18)24-14-15-6-2-1-3-7-15/h1-12H,13-14H2. The predicted octanol–water partition coefficient (Wildman–Crippen LogP) is 3.82. The van der Waals surface area contributed by atoms with Gasteiger partial charge in [0.1, 0.15) is 6.61 Å². The minimum absolute atomic E-state index is 0.00126. The van der Waals surface area contributed by atoms with Gasteiger partial charge in [-0.3, -0.25) is 9.78 Å². The van der Waals surface area contributed by atoms with Crippen molar-refractivity contribution in [2.24, 2.45) is 0 Å². The van der Waals surface area contributed by atoms with E-state index in [0.717, 1.165) is 22.4 Å². The molecule has 0 fully saturated rings. The Morgan fingerprint density at radius 2 is 1.79 bits per heavy atom. The van der Waals surface area contributed by atoms with Gasteiger partial charge in [0.15, 0.2) is 5.75 Å². The van der Waals surface area contributed by atoms with E-state index in [4.69, 9.17) is 4.74 Å². The van der Waals surface area contributed by atoms with Crippen molar-refractivity contribution in [3.63, 3.8) is 0 Å². The molecular weight excluding hydrogens is 300 g/mol. The Kier molecular flexibility index (Phi) is 3.71. The highest BCUT2D eigenvalue weighted by atomic mass is 16.5. The van der Waals surface area contributed by atoms with Crippen molar-refractivity contribution in [3.05, 3.63) is 89.7 Å². The number of hydrogen-bond acceptors (Lipinski definition) is 3. The highest BCUT2D eigenvalue weighted by Gasteiger charge is 2.29. The minimum Gasteiger partial charge on any atom is -0.485 e. The van der Waals surface area contributed by atoms with Crippen LogP contribution in [0.3, 0.4) is 0 Å². The molecule has 1 amide bonds. The Balaban J connectivity index is 1.60. The molecule has 0 atom stereocenters. The summed E-state index contributed by atoms with van der Waals surface area (Å²) in [5.74, 6) is 0.615. The molecule has 4 nitrogen and oxygen atoms in total. The molecule has 2 heterocycles. The van der Waals surface area contributed by atoms with Gasteiger partial charge in [0.25, 0.3) is 5.91 Å². The zero-order valence-corrected chi connectivity index (χ0v) is 13.1. The van der Waals surface area contributed by atoms with Crippen molar-refractivity contribution in [2.45, 2.75) is 13.2 Å². The van der Waals surface area contributed by atoms with Gasteiger partial charge in [0.05, 0.1) is 18.4 Å². The number of hydrogen-bond donors (Lipinski definition) is 0. The second-order valence-corrected chi connectivity index (χ2v) is 5.67. The van der Waals surface area contributed by atoms with E-state index in [2.05, 4.69) is 4.98 Å². The fourth-order valence-corrected chi connectivity index (χ4v) is 2.89. The predicted molar refractivity (Wildman–Crippen MR) is 92.0 cm³/mol. The van der Waals surface area contributed by atoms with Crippen molar-refractivity contribution in [2.75, 3.05) is 4.90 Å². The number of anilines is 1. The van der Waals surface area contributed by atoms with Gasteiger partial charge in [0, 0.05) is 11.8 Å². The minimum atomic E-state index is 0.00126. The SMILES string of the molecule is O=C1c2ccccc2CN1c1ccncc1OCc1ccccc1. The first-order chi connectivity index (χ1) is 11.8. The van der Waals surface area contributed by atoms with Gasteiger partial charge in [-0.2, -0.15) is 0 Å². The van der Waals surface area contributed by atoms with E-state index in [1.165, 1.54) is 0 Å². The molecule has 1 aliphatic rings. The first kappa shape index (κ1) is 14.5. The molecule has 0 aliphatic carbocycles. The Morgan fingerprint density at radius 1 is 1.00 bits per heavy atom. The van der Waals surface area contributed by atoms with Crippen molar-refractivity contribution in [3.8, 4) is 5.75 Å². The molecule has 2 aromatic carbocycles.